The van der Waals surface area contributed by atoms with Crippen molar-refractivity contribution in [3.63, 3.8) is 0 Å². The van der Waals surface area contributed by atoms with E-state index in [1.54, 1.807) is 11.9 Å². The summed E-state index contributed by atoms with van der Waals surface area (Å²) in [5.74, 6) is -0.0450. The van der Waals surface area contributed by atoms with E-state index in [1.165, 1.54) is 0 Å². The number of hydrogen-bond donors (Lipinski definition) is 1. The first-order chi connectivity index (χ1) is 8.54. The van der Waals surface area contributed by atoms with Gasteiger partial charge in [-0.05, 0) is 18.9 Å². The first kappa shape index (κ1) is 13.1. The third-order valence-electron chi connectivity index (χ3n) is 3.66. The zero-order valence-electron chi connectivity index (χ0n) is 10.9. The van der Waals surface area contributed by atoms with E-state index in [1.807, 2.05) is 37.3 Å². The highest BCUT2D eigenvalue weighted by Gasteiger charge is 2.41. The van der Waals surface area contributed by atoms with Gasteiger partial charge in [-0.15, -0.1) is 0 Å². The number of carbonyl (C=O) groups is 1. The van der Waals surface area contributed by atoms with Gasteiger partial charge in [-0.25, -0.2) is 0 Å². The molecule has 0 aliphatic carbocycles. The fraction of sp³-hybridized carbons (Fsp3) is 0.500. The normalized spacial score (nSPS) is 24.8. The van der Waals surface area contributed by atoms with E-state index in [-0.39, 0.29) is 11.9 Å². The second-order valence-corrected chi connectivity index (χ2v) is 4.96. The minimum absolute atomic E-state index is 0.0136. The van der Waals surface area contributed by atoms with Gasteiger partial charge >= 0.3 is 0 Å². The summed E-state index contributed by atoms with van der Waals surface area (Å²) in [4.78, 5) is 14.1. The summed E-state index contributed by atoms with van der Waals surface area (Å²) in [5, 5.41) is 0. The molecule has 4 heteroatoms. The van der Waals surface area contributed by atoms with Gasteiger partial charge in [-0.2, -0.15) is 0 Å². The first-order valence-electron chi connectivity index (χ1n) is 6.23. The highest BCUT2D eigenvalue weighted by molar-refractivity contribution is 5.86. The zero-order chi connectivity index (χ0) is 13.2. The molecule has 2 N–H and O–H groups in total. The molecule has 0 spiro atoms. The highest BCUT2D eigenvalue weighted by atomic mass is 16.5. The predicted octanol–water partition coefficient (Wildman–Crippen LogP) is 1.32. The van der Waals surface area contributed by atoms with Crippen LogP contribution in [0.3, 0.4) is 0 Å². The number of benzene rings is 1. The summed E-state index contributed by atoms with van der Waals surface area (Å²) in [6.45, 7) is 2.89. The van der Waals surface area contributed by atoms with Crippen molar-refractivity contribution in [3.05, 3.63) is 35.9 Å². The lowest BCUT2D eigenvalue weighted by Gasteiger charge is -2.32. The molecule has 18 heavy (non-hydrogen) atoms. The Hall–Kier alpha value is -1.39. The van der Waals surface area contributed by atoms with Crippen molar-refractivity contribution in [2.24, 2.45) is 5.73 Å². The van der Waals surface area contributed by atoms with Crippen molar-refractivity contribution in [1.82, 2.24) is 4.90 Å². The van der Waals surface area contributed by atoms with E-state index < -0.39 is 5.54 Å². The molecule has 1 heterocycles. The second kappa shape index (κ2) is 5.08. The molecule has 1 aromatic rings. The van der Waals surface area contributed by atoms with Crippen LogP contribution in [0.25, 0.3) is 0 Å². The van der Waals surface area contributed by atoms with Crippen LogP contribution in [0.1, 0.15) is 24.9 Å². The van der Waals surface area contributed by atoms with Crippen LogP contribution in [-0.4, -0.2) is 36.6 Å². The average Bonchev–Trinajstić information content (AvgIpc) is 2.85. The largest absolute Gasteiger partial charge is 0.379 e. The molecule has 4 nitrogen and oxygen atoms in total. The summed E-state index contributed by atoms with van der Waals surface area (Å²) in [6, 6.07) is 9.96. The number of amides is 1. The third kappa shape index (κ3) is 2.40. The number of rotatable bonds is 3. The number of likely N-dealkylation sites (N-methyl/N-ethyl adjacent to an activating group) is 1. The van der Waals surface area contributed by atoms with Gasteiger partial charge < -0.3 is 15.4 Å². The van der Waals surface area contributed by atoms with Crippen molar-refractivity contribution in [2.45, 2.75) is 24.9 Å². The van der Waals surface area contributed by atoms with Crippen LogP contribution in [-0.2, 0) is 9.53 Å². The Morgan fingerprint density at radius 2 is 2.11 bits per heavy atom. The number of nitrogens with zero attached hydrogens (tertiary/aromatic N) is 1. The maximum Gasteiger partial charge on any atom is 0.245 e. The first-order valence-corrected chi connectivity index (χ1v) is 6.23. The van der Waals surface area contributed by atoms with Gasteiger partial charge in [0.15, 0.2) is 0 Å². The zero-order valence-corrected chi connectivity index (χ0v) is 10.9. The fourth-order valence-corrected chi connectivity index (χ4v) is 2.23. The van der Waals surface area contributed by atoms with Crippen LogP contribution in [0.2, 0.25) is 0 Å². The van der Waals surface area contributed by atoms with Crippen LogP contribution in [0.15, 0.2) is 30.3 Å². The van der Waals surface area contributed by atoms with E-state index >= 15 is 0 Å². The minimum atomic E-state index is -0.849. The van der Waals surface area contributed by atoms with Gasteiger partial charge in [0.2, 0.25) is 5.91 Å². The van der Waals surface area contributed by atoms with Crippen LogP contribution in [0, 0.1) is 0 Å². The van der Waals surface area contributed by atoms with Crippen molar-refractivity contribution in [2.75, 3.05) is 20.3 Å². The SMILES string of the molecule is CC(c1ccccc1)N(C)C(=O)C1(N)CCOC1. The summed E-state index contributed by atoms with van der Waals surface area (Å²) >= 11 is 0. The maximum atomic E-state index is 12.4. The number of hydrogen-bond acceptors (Lipinski definition) is 3. The molecule has 0 bridgehead atoms. The lowest BCUT2D eigenvalue weighted by Crippen LogP contribution is -2.55. The quantitative estimate of drug-likeness (QED) is 0.878. The molecule has 98 valence electrons. The van der Waals surface area contributed by atoms with Gasteiger partial charge in [0.05, 0.1) is 12.6 Å². The van der Waals surface area contributed by atoms with E-state index in [0.29, 0.717) is 19.6 Å². The summed E-state index contributed by atoms with van der Waals surface area (Å²) in [6.07, 6.45) is 0.595. The van der Waals surface area contributed by atoms with Crippen molar-refractivity contribution in [3.8, 4) is 0 Å². The molecule has 1 amide bonds. The Labute approximate surface area is 108 Å². The smallest absolute Gasteiger partial charge is 0.245 e. The van der Waals surface area contributed by atoms with Crippen LogP contribution >= 0.6 is 0 Å². The predicted molar refractivity (Wildman–Crippen MR) is 70.0 cm³/mol. The van der Waals surface area contributed by atoms with E-state index in [2.05, 4.69) is 0 Å². The Balaban J connectivity index is 2.11. The fourth-order valence-electron chi connectivity index (χ4n) is 2.23. The number of nitrogens with two attached hydrogens (primary N) is 1. The van der Waals surface area contributed by atoms with E-state index in [9.17, 15) is 4.79 Å². The lowest BCUT2D eigenvalue weighted by atomic mass is 9.96. The van der Waals surface area contributed by atoms with Crippen molar-refractivity contribution >= 4 is 5.91 Å². The molecular formula is C14H20N2O2. The Morgan fingerprint density at radius 1 is 1.44 bits per heavy atom. The molecule has 1 aliphatic rings. The number of carbonyl (C=O) groups excluding carboxylic acids is 1. The molecule has 1 aromatic carbocycles. The molecule has 1 fully saturated rings. The molecule has 1 aliphatic heterocycles. The molecule has 1 saturated heterocycles. The molecule has 2 unspecified atom stereocenters. The Bertz CT molecular complexity index is 413. The lowest BCUT2D eigenvalue weighted by molar-refractivity contribution is -0.137. The summed E-state index contributed by atoms with van der Waals surface area (Å²) in [7, 11) is 1.80. The summed E-state index contributed by atoms with van der Waals surface area (Å²) in [5.41, 5.74) is 6.36. The highest BCUT2D eigenvalue weighted by Crippen LogP contribution is 2.24. The average molecular weight is 248 g/mol. The minimum Gasteiger partial charge on any atom is -0.379 e. The molecule has 2 rings (SSSR count). The van der Waals surface area contributed by atoms with Crippen molar-refractivity contribution < 1.29 is 9.53 Å². The summed E-state index contributed by atoms with van der Waals surface area (Å²) < 4.78 is 5.24. The van der Waals surface area contributed by atoms with Crippen LogP contribution < -0.4 is 5.73 Å². The standard InChI is InChI=1S/C14H20N2O2/c1-11(12-6-4-3-5-7-12)16(2)13(17)14(15)8-9-18-10-14/h3-7,11H,8-10,15H2,1-2H3. The van der Waals surface area contributed by atoms with E-state index in [4.69, 9.17) is 10.5 Å². The third-order valence-corrected chi connectivity index (χ3v) is 3.66. The molecule has 0 aromatic heterocycles. The second-order valence-electron chi connectivity index (χ2n) is 4.96. The van der Waals surface area contributed by atoms with Gasteiger partial charge in [-0.1, -0.05) is 30.3 Å². The Kier molecular flexibility index (Phi) is 3.68. The number of ether oxygens (including phenoxy) is 1. The van der Waals surface area contributed by atoms with Gasteiger partial charge in [0.1, 0.15) is 5.54 Å². The van der Waals surface area contributed by atoms with Gasteiger partial charge in [-0.3, -0.25) is 4.79 Å². The molecule has 2 atom stereocenters. The van der Waals surface area contributed by atoms with Gasteiger partial charge in [0.25, 0.3) is 0 Å². The molecular weight excluding hydrogens is 228 g/mol. The van der Waals surface area contributed by atoms with Crippen LogP contribution in [0.5, 0.6) is 0 Å². The Morgan fingerprint density at radius 3 is 2.67 bits per heavy atom. The van der Waals surface area contributed by atoms with Crippen LogP contribution in [0.4, 0.5) is 0 Å². The van der Waals surface area contributed by atoms with Gasteiger partial charge in [0, 0.05) is 13.7 Å². The monoisotopic (exact) mass is 248 g/mol. The maximum absolute atomic E-state index is 12.4. The molecule has 0 saturated carbocycles. The molecule has 0 radical (unpaired) electrons. The van der Waals surface area contributed by atoms with E-state index in [0.717, 1.165) is 5.56 Å². The topological polar surface area (TPSA) is 55.6 Å². The van der Waals surface area contributed by atoms with Crippen molar-refractivity contribution in [1.29, 1.82) is 0 Å².